The number of aromatic nitrogens is 4. The molecule has 0 radical (unpaired) electrons. The van der Waals surface area contributed by atoms with Crippen molar-refractivity contribution < 1.29 is 9.13 Å². The Labute approximate surface area is 125 Å². The lowest BCUT2D eigenvalue weighted by Gasteiger charge is -2.15. The molecule has 4 heteroatoms. The first-order valence-electron chi connectivity index (χ1n) is 7.27. The van der Waals surface area contributed by atoms with E-state index in [2.05, 4.69) is 58.3 Å². The van der Waals surface area contributed by atoms with Gasteiger partial charge in [-0.05, 0) is 48.6 Å². The normalized spacial score (nSPS) is 11.0. The third kappa shape index (κ3) is 2.75. The molecular weight excluding hydrogens is 260 g/mol. The lowest BCUT2D eigenvalue weighted by molar-refractivity contribution is -0.688. The predicted molar refractivity (Wildman–Crippen MR) is 80.8 cm³/mol. The van der Waals surface area contributed by atoms with Gasteiger partial charge in [0.25, 0.3) is 0 Å². The number of hydrogen-bond donors (Lipinski definition) is 2. The fourth-order valence-electron chi connectivity index (χ4n) is 2.96. The highest BCUT2D eigenvalue weighted by molar-refractivity contribution is 5.43. The number of hydrogen-bond acceptors (Lipinski definition) is 0. The van der Waals surface area contributed by atoms with Crippen molar-refractivity contribution in [2.24, 2.45) is 0 Å². The molecule has 21 heavy (non-hydrogen) atoms. The van der Waals surface area contributed by atoms with Gasteiger partial charge in [-0.3, -0.25) is 9.97 Å². The minimum Gasteiger partial charge on any atom is -0.250 e. The highest BCUT2D eigenvalue weighted by Gasteiger charge is 2.15. The first kappa shape index (κ1) is 13.6. The number of rotatable bonds is 4. The molecule has 0 spiro atoms. The van der Waals surface area contributed by atoms with E-state index in [9.17, 15) is 0 Å². The number of nitrogens with one attached hydrogen (secondary N) is 2. The second-order valence-corrected chi connectivity index (χ2v) is 5.66. The summed E-state index contributed by atoms with van der Waals surface area (Å²) >= 11 is 0. The molecule has 0 bridgehead atoms. The Bertz CT molecular complexity index is 664. The molecule has 1 aromatic carbocycles. The minimum absolute atomic E-state index is 0.909. The first-order valence-corrected chi connectivity index (χ1v) is 7.27. The topological polar surface area (TPSA) is 39.3 Å². The Morgan fingerprint density at radius 1 is 0.810 bits per heavy atom. The van der Waals surface area contributed by atoms with Gasteiger partial charge in [0.05, 0.1) is 0 Å². The minimum atomic E-state index is 0.909. The van der Waals surface area contributed by atoms with Gasteiger partial charge < -0.3 is 0 Å². The fourth-order valence-corrected chi connectivity index (χ4v) is 2.96. The lowest BCUT2D eigenvalue weighted by Crippen LogP contribution is -2.34. The molecule has 0 aliphatic rings. The van der Waals surface area contributed by atoms with Crippen LogP contribution >= 0.6 is 0 Å². The SMILES string of the molecule is Cc1cc(C)c(C[n+]2cc[nH]c2)c(C)c1C[n+]1cc[nH]c1. The average molecular weight is 282 g/mol. The number of nitrogens with zero attached hydrogens (tertiary/aromatic N) is 2. The molecule has 0 saturated carbocycles. The van der Waals surface area contributed by atoms with Crippen LogP contribution in [0.3, 0.4) is 0 Å². The van der Waals surface area contributed by atoms with Crippen molar-refractivity contribution in [2.75, 3.05) is 0 Å². The van der Waals surface area contributed by atoms with Gasteiger partial charge in [0.1, 0.15) is 37.9 Å². The van der Waals surface area contributed by atoms with Crippen molar-refractivity contribution in [3.8, 4) is 0 Å². The van der Waals surface area contributed by atoms with E-state index in [1.165, 1.54) is 27.8 Å². The molecular formula is C17H22N4+2. The highest BCUT2D eigenvalue weighted by Crippen LogP contribution is 2.22. The molecule has 108 valence electrons. The number of H-pyrrole nitrogens is 2. The van der Waals surface area contributed by atoms with Crippen molar-refractivity contribution in [1.82, 2.24) is 9.97 Å². The molecule has 0 unspecified atom stereocenters. The van der Waals surface area contributed by atoms with Crippen LogP contribution in [0.1, 0.15) is 27.8 Å². The largest absolute Gasteiger partial charge is 0.250 e. The zero-order chi connectivity index (χ0) is 14.8. The van der Waals surface area contributed by atoms with Crippen molar-refractivity contribution in [2.45, 2.75) is 33.9 Å². The van der Waals surface area contributed by atoms with Crippen LogP contribution in [0.2, 0.25) is 0 Å². The van der Waals surface area contributed by atoms with Crippen LogP contribution in [0.25, 0.3) is 0 Å². The van der Waals surface area contributed by atoms with Crippen LogP contribution < -0.4 is 9.13 Å². The summed E-state index contributed by atoms with van der Waals surface area (Å²) in [6.07, 6.45) is 12.0. The summed E-state index contributed by atoms with van der Waals surface area (Å²) < 4.78 is 4.36. The second-order valence-electron chi connectivity index (χ2n) is 5.66. The van der Waals surface area contributed by atoms with E-state index in [0.717, 1.165) is 13.1 Å². The number of aryl methyl sites for hydroxylation is 2. The molecule has 3 rings (SSSR count). The van der Waals surface area contributed by atoms with E-state index in [-0.39, 0.29) is 0 Å². The molecule has 0 aliphatic heterocycles. The quantitative estimate of drug-likeness (QED) is 0.687. The van der Waals surface area contributed by atoms with Gasteiger partial charge >= 0.3 is 0 Å². The number of imidazole rings is 2. The van der Waals surface area contributed by atoms with E-state index in [0.29, 0.717) is 0 Å². The Morgan fingerprint density at radius 2 is 1.29 bits per heavy atom. The molecule has 4 nitrogen and oxygen atoms in total. The van der Waals surface area contributed by atoms with Gasteiger partial charge in [0.15, 0.2) is 0 Å². The third-order valence-electron chi connectivity index (χ3n) is 4.18. The van der Waals surface area contributed by atoms with E-state index in [1.807, 2.05) is 25.0 Å². The fraction of sp³-hybridized carbons (Fsp3) is 0.294. The molecule has 2 N–H and O–H groups in total. The van der Waals surface area contributed by atoms with E-state index in [4.69, 9.17) is 0 Å². The van der Waals surface area contributed by atoms with Crippen molar-refractivity contribution in [1.29, 1.82) is 0 Å². The van der Waals surface area contributed by atoms with Crippen LogP contribution in [-0.4, -0.2) is 9.97 Å². The Hall–Kier alpha value is -2.36. The molecule has 2 heterocycles. The summed E-state index contributed by atoms with van der Waals surface area (Å²) in [4.78, 5) is 6.21. The van der Waals surface area contributed by atoms with Crippen LogP contribution in [-0.2, 0) is 13.1 Å². The van der Waals surface area contributed by atoms with Crippen molar-refractivity contribution >= 4 is 0 Å². The summed E-state index contributed by atoms with van der Waals surface area (Å²) in [6, 6.07) is 2.30. The standard InChI is InChI=1S/C17H20N4/c1-13-8-14(2)17(10-21-7-5-19-12-21)15(3)16(13)9-20-6-4-18-11-20/h4-8,11-12H,9-10H2,1-3H3/p+2. The highest BCUT2D eigenvalue weighted by atomic mass is 15.0. The van der Waals surface area contributed by atoms with Gasteiger partial charge in [-0.15, -0.1) is 0 Å². The van der Waals surface area contributed by atoms with Gasteiger partial charge in [0, 0.05) is 0 Å². The van der Waals surface area contributed by atoms with Crippen LogP contribution in [0.5, 0.6) is 0 Å². The summed E-state index contributed by atoms with van der Waals surface area (Å²) in [6.45, 7) is 8.47. The van der Waals surface area contributed by atoms with Gasteiger partial charge in [-0.25, -0.2) is 9.13 Å². The maximum atomic E-state index is 3.11. The summed E-state index contributed by atoms with van der Waals surface area (Å²) in [7, 11) is 0. The molecule has 3 aromatic rings. The molecule has 0 fully saturated rings. The van der Waals surface area contributed by atoms with Gasteiger partial charge in [-0.2, -0.15) is 0 Å². The van der Waals surface area contributed by atoms with E-state index < -0.39 is 0 Å². The van der Waals surface area contributed by atoms with Gasteiger partial charge in [0.2, 0.25) is 12.7 Å². The molecule has 0 amide bonds. The molecule has 0 aliphatic carbocycles. The summed E-state index contributed by atoms with van der Waals surface area (Å²) in [5.74, 6) is 0. The van der Waals surface area contributed by atoms with Crippen LogP contribution in [0.4, 0.5) is 0 Å². The maximum Gasteiger partial charge on any atom is 0.241 e. The molecule has 2 aromatic heterocycles. The van der Waals surface area contributed by atoms with Gasteiger partial charge in [-0.1, -0.05) is 6.07 Å². The molecule has 0 saturated heterocycles. The van der Waals surface area contributed by atoms with Crippen molar-refractivity contribution in [3.63, 3.8) is 0 Å². The van der Waals surface area contributed by atoms with E-state index in [1.54, 1.807) is 0 Å². The Balaban J connectivity index is 2.00. The smallest absolute Gasteiger partial charge is 0.241 e. The first-order chi connectivity index (χ1) is 10.1. The summed E-state index contributed by atoms with van der Waals surface area (Å²) in [5, 5.41) is 0. The average Bonchev–Trinajstić information content (AvgIpc) is 3.13. The zero-order valence-corrected chi connectivity index (χ0v) is 12.9. The second kappa shape index (κ2) is 5.56. The predicted octanol–water partition coefficient (Wildman–Crippen LogP) is 1.94. The van der Waals surface area contributed by atoms with Crippen LogP contribution in [0.15, 0.2) is 43.5 Å². The van der Waals surface area contributed by atoms with Crippen LogP contribution in [0, 0.1) is 20.8 Å². The molecule has 0 atom stereocenters. The lowest BCUT2D eigenvalue weighted by atomic mass is 9.93. The number of aromatic amines is 2. The van der Waals surface area contributed by atoms with Crippen molar-refractivity contribution in [3.05, 3.63) is 71.3 Å². The maximum absolute atomic E-state index is 3.11. The Kier molecular flexibility index (Phi) is 3.60. The summed E-state index contributed by atoms with van der Waals surface area (Å²) in [5.41, 5.74) is 6.95. The third-order valence-corrected chi connectivity index (χ3v) is 4.18. The zero-order valence-electron chi connectivity index (χ0n) is 12.9. The Morgan fingerprint density at radius 3 is 1.67 bits per heavy atom. The van der Waals surface area contributed by atoms with E-state index >= 15 is 0 Å². The monoisotopic (exact) mass is 282 g/mol. The number of benzene rings is 1.